The number of nitrogens with two attached hydrogens (primary N) is 1. The number of hydrogen-bond donors (Lipinski definition) is 2. The third-order valence-electron chi connectivity index (χ3n) is 3.59. The fraction of sp³-hybridized carbons (Fsp3) is 0.385. The molecule has 3 N–H and O–H groups in total. The first-order valence-corrected chi connectivity index (χ1v) is 6.78. The third-order valence-corrected chi connectivity index (χ3v) is 3.89. The lowest BCUT2D eigenvalue weighted by atomic mass is 9.93. The predicted molar refractivity (Wildman–Crippen MR) is 76.4 cm³/mol. The molecular weight excluding hydrogens is 262 g/mol. The maximum atomic E-state index is 6.18. The molecule has 0 bridgehead atoms. The van der Waals surface area contributed by atoms with Gasteiger partial charge in [-0.3, -0.25) is 5.10 Å². The van der Waals surface area contributed by atoms with E-state index in [1.165, 1.54) is 0 Å². The summed E-state index contributed by atoms with van der Waals surface area (Å²) in [5.41, 5.74) is 6.77. The van der Waals surface area contributed by atoms with Gasteiger partial charge in [0.2, 0.25) is 0 Å². The maximum absolute atomic E-state index is 6.18. The summed E-state index contributed by atoms with van der Waals surface area (Å²) >= 11 is 6.18. The van der Waals surface area contributed by atoms with Crippen LogP contribution in [-0.2, 0) is 0 Å². The summed E-state index contributed by atoms with van der Waals surface area (Å²) in [5, 5.41) is 7.71. The van der Waals surface area contributed by atoms with Gasteiger partial charge >= 0.3 is 0 Å². The molecule has 1 fully saturated rings. The van der Waals surface area contributed by atoms with E-state index in [1.54, 1.807) is 6.20 Å². The standard InChI is InChI=1S/C13H16ClN5/c14-10-2-1-5-16-13(10)19-6-3-9(4-7-19)11-8-12(15)18-17-11/h1-2,5,8-9H,3-4,6-7H2,(H3,15,17,18). The van der Waals surface area contributed by atoms with Crippen molar-refractivity contribution >= 4 is 23.2 Å². The van der Waals surface area contributed by atoms with Crippen molar-refractivity contribution < 1.29 is 0 Å². The highest BCUT2D eigenvalue weighted by Gasteiger charge is 2.23. The van der Waals surface area contributed by atoms with Gasteiger partial charge in [0, 0.05) is 37.0 Å². The fourth-order valence-electron chi connectivity index (χ4n) is 2.57. The summed E-state index contributed by atoms with van der Waals surface area (Å²) in [6.45, 7) is 1.89. The van der Waals surface area contributed by atoms with Crippen molar-refractivity contribution in [3.05, 3.63) is 35.1 Å². The molecule has 1 aliphatic heterocycles. The molecule has 1 saturated heterocycles. The van der Waals surface area contributed by atoms with Crippen molar-refractivity contribution in [2.24, 2.45) is 0 Å². The number of piperidine rings is 1. The van der Waals surface area contributed by atoms with Crippen LogP contribution in [0.1, 0.15) is 24.5 Å². The fourth-order valence-corrected chi connectivity index (χ4v) is 2.82. The van der Waals surface area contributed by atoms with E-state index in [0.717, 1.165) is 37.4 Å². The lowest BCUT2D eigenvalue weighted by Crippen LogP contribution is -2.33. The molecule has 0 unspecified atom stereocenters. The number of H-pyrrole nitrogens is 1. The number of nitrogen functional groups attached to an aromatic ring is 1. The van der Waals surface area contributed by atoms with Crippen molar-refractivity contribution in [3.8, 4) is 0 Å². The van der Waals surface area contributed by atoms with Crippen LogP contribution in [0.3, 0.4) is 0 Å². The normalized spacial score (nSPS) is 16.8. The minimum Gasteiger partial charge on any atom is -0.382 e. The van der Waals surface area contributed by atoms with Crippen LogP contribution >= 0.6 is 11.6 Å². The molecule has 1 aliphatic rings. The van der Waals surface area contributed by atoms with Crippen LogP contribution in [0.2, 0.25) is 5.02 Å². The molecule has 0 spiro atoms. The lowest BCUT2D eigenvalue weighted by molar-refractivity contribution is 0.493. The molecule has 5 nitrogen and oxygen atoms in total. The molecule has 0 amide bonds. The van der Waals surface area contributed by atoms with Gasteiger partial charge in [0.25, 0.3) is 0 Å². The summed E-state index contributed by atoms with van der Waals surface area (Å²) in [4.78, 5) is 6.59. The molecule has 3 heterocycles. The Labute approximate surface area is 116 Å². The average molecular weight is 278 g/mol. The van der Waals surface area contributed by atoms with E-state index in [2.05, 4.69) is 20.1 Å². The zero-order chi connectivity index (χ0) is 13.2. The van der Waals surface area contributed by atoms with E-state index in [4.69, 9.17) is 17.3 Å². The Kier molecular flexibility index (Phi) is 3.29. The minimum atomic E-state index is 0.489. The molecule has 3 rings (SSSR count). The summed E-state index contributed by atoms with van der Waals surface area (Å²) in [5.74, 6) is 1.93. The highest BCUT2D eigenvalue weighted by Crippen LogP contribution is 2.31. The second-order valence-electron chi connectivity index (χ2n) is 4.82. The topological polar surface area (TPSA) is 70.8 Å². The predicted octanol–water partition coefficient (Wildman–Crippen LogP) is 2.42. The first-order valence-electron chi connectivity index (χ1n) is 6.40. The molecular formula is C13H16ClN5. The first kappa shape index (κ1) is 12.3. The third kappa shape index (κ3) is 2.51. The van der Waals surface area contributed by atoms with Crippen LogP contribution in [0.25, 0.3) is 0 Å². The molecule has 2 aromatic rings. The Morgan fingerprint density at radius 1 is 1.37 bits per heavy atom. The summed E-state index contributed by atoms with van der Waals surface area (Å²) < 4.78 is 0. The number of aromatic nitrogens is 3. The number of nitrogens with zero attached hydrogens (tertiary/aromatic N) is 3. The van der Waals surface area contributed by atoms with Crippen LogP contribution in [-0.4, -0.2) is 28.3 Å². The van der Waals surface area contributed by atoms with E-state index < -0.39 is 0 Å². The Bertz CT molecular complexity index is 560. The van der Waals surface area contributed by atoms with Gasteiger partial charge in [0.15, 0.2) is 0 Å². The summed E-state index contributed by atoms with van der Waals surface area (Å²) in [6.07, 6.45) is 3.88. The number of anilines is 2. The Balaban J connectivity index is 1.68. The largest absolute Gasteiger partial charge is 0.382 e. The second-order valence-corrected chi connectivity index (χ2v) is 5.23. The van der Waals surface area contributed by atoms with E-state index in [9.17, 15) is 0 Å². The van der Waals surface area contributed by atoms with Crippen molar-refractivity contribution in [2.75, 3.05) is 23.7 Å². The highest BCUT2D eigenvalue weighted by atomic mass is 35.5. The van der Waals surface area contributed by atoms with Crippen LogP contribution in [0.4, 0.5) is 11.6 Å². The van der Waals surface area contributed by atoms with Gasteiger partial charge in [-0.25, -0.2) is 4.98 Å². The van der Waals surface area contributed by atoms with E-state index in [0.29, 0.717) is 16.8 Å². The number of nitrogens with one attached hydrogen (secondary N) is 1. The number of aromatic amines is 1. The molecule has 100 valence electrons. The average Bonchev–Trinajstić information content (AvgIpc) is 2.86. The van der Waals surface area contributed by atoms with Crippen molar-refractivity contribution in [1.29, 1.82) is 0 Å². The summed E-state index contributed by atoms with van der Waals surface area (Å²) in [7, 11) is 0. The van der Waals surface area contributed by atoms with Gasteiger partial charge in [-0.2, -0.15) is 5.10 Å². The molecule has 0 aromatic carbocycles. The van der Waals surface area contributed by atoms with E-state index >= 15 is 0 Å². The lowest BCUT2D eigenvalue weighted by Gasteiger charge is -2.32. The monoisotopic (exact) mass is 277 g/mol. The highest BCUT2D eigenvalue weighted by molar-refractivity contribution is 6.32. The zero-order valence-corrected chi connectivity index (χ0v) is 11.3. The van der Waals surface area contributed by atoms with E-state index in [1.807, 2.05) is 18.2 Å². The van der Waals surface area contributed by atoms with Gasteiger partial charge < -0.3 is 10.6 Å². The van der Waals surface area contributed by atoms with Gasteiger partial charge in [0.05, 0.1) is 5.02 Å². The van der Waals surface area contributed by atoms with Crippen molar-refractivity contribution in [3.63, 3.8) is 0 Å². The Hall–Kier alpha value is -1.75. The molecule has 0 saturated carbocycles. The number of pyridine rings is 1. The summed E-state index contributed by atoms with van der Waals surface area (Å²) in [6, 6.07) is 5.66. The smallest absolute Gasteiger partial charge is 0.147 e. The molecule has 19 heavy (non-hydrogen) atoms. The quantitative estimate of drug-likeness (QED) is 0.884. The van der Waals surface area contributed by atoms with Crippen LogP contribution < -0.4 is 10.6 Å². The first-order chi connectivity index (χ1) is 9.24. The number of hydrogen-bond acceptors (Lipinski definition) is 4. The van der Waals surface area contributed by atoms with Gasteiger partial charge in [-0.15, -0.1) is 0 Å². The van der Waals surface area contributed by atoms with Gasteiger partial charge in [-0.1, -0.05) is 11.6 Å². The molecule has 0 aliphatic carbocycles. The minimum absolute atomic E-state index is 0.489. The molecule has 0 atom stereocenters. The van der Waals surface area contributed by atoms with Gasteiger partial charge in [0.1, 0.15) is 11.6 Å². The van der Waals surface area contributed by atoms with Crippen molar-refractivity contribution in [1.82, 2.24) is 15.2 Å². The second kappa shape index (κ2) is 5.09. The molecule has 6 heteroatoms. The van der Waals surface area contributed by atoms with Crippen LogP contribution in [0, 0.1) is 0 Å². The van der Waals surface area contributed by atoms with Gasteiger partial charge in [-0.05, 0) is 25.0 Å². The number of halogens is 1. The van der Waals surface area contributed by atoms with E-state index in [-0.39, 0.29) is 0 Å². The van der Waals surface area contributed by atoms with Crippen LogP contribution in [0.15, 0.2) is 24.4 Å². The molecule has 2 aromatic heterocycles. The van der Waals surface area contributed by atoms with Crippen molar-refractivity contribution in [2.45, 2.75) is 18.8 Å². The maximum Gasteiger partial charge on any atom is 0.147 e. The SMILES string of the molecule is Nc1cc(C2CCN(c3ncccc3Cl)CC2)[nH]n1. The zero-order valence-electron chi connectivity index (χ0n) is 10.5. The Morgan fingerprint density at radius 3 is 2.79 bits per heavy atom. The van der Waals surface area contributed by atoms with Crippen LogP contribution in [0.5, 0.6) is 0 Å². The molecule has 0 radical (unpaired) electrons. The Morgan fingerprint density at radius 2 is 2.16 bits per heavy atom. The number of rotatable bonds is 2.